The lowest BCUT2D eigenvalue weighted by atomic mass is 10.1. The number of hydrogen-bond donors (Lipinski definition) is 5. The number of carbonyl (C=O) groups excluding carboxylic acids is 1. The molecule has 3 heterocycles. The minimum atomic E-state index is -1.25. The van der Waals surface area contributed by atoms with E-state index in [-0.39, 0.29) is 6.42 Å². The number of fused-ring (bicyclic) bond motifs is 1. The molecule has 0 unspecified atom stereocenters. The summed E-state index contributed by atoms with van der Waals surface area (Å²) < 4.78 is 1.04. The number of carbonyl (C=O) groups is 1. The van der Waals surface area contributed by atoms with Crippen LogP contribution < -0.4 is 16.4 Å². The van der Waals surface area contributed by atoms with Gasteiger partial charge in [-0.2, -0.15) is 4.98 Å². The lowest BCUT2D eigenvalue weighted by Crippen LogP contribution is -2.37. The van der Waals surface area contributed by atoms with Crippen molar-refractivity contribution in [1.29, 1.82) is 0 Å². The van der Waals surface area contributed by atoms with Crippen LogP contribution in [0.15, 0.2) is 42.6 Å². The second-order valence-corrected chi connectivity index (χ2v) is 11.0. The maximum atomic E-state index is 11.8. The number of aliphatic hydroxyl groups excluding tert-OH is 2. The van der Waals surface area contributed by atoms with Crippen molar-refractivity contribution in [3.05, 3.63) is 59.5 Å². The SMILES string of the molecule is Cc1nc(NCc2ccccc2)nc(N[C@@H]2C[C@H](C(N)=O)[C@@H](O)[C@H]2O)c1-c1nc2c(C3CC3)nccc2s1. The summed E-state index contributed by atoms with van der Waals surface area (Å²) in [5.41, 5.74) is 9.89. The Morgan fingerprint density at radius 2 is 1.89 bits per heavy atom. The first kappa shape index (κ1) is 24.7. The largest absolute Gasteiger partial charge is 0.390 e. The molecule has 0 spiro atoms. The molecule has 1 aromatic carbocycles. The Kier molecular flexibility index (Phi) is 6.42. The molecule has 1 amide bonds. The summed E-state index contributed by atoms with van der Waals surface area (Å²) in [6, 6.07) is 11.3. The van der Waals surface area contributed by atoms with Gasteiger partial charge in [-0.1, -0.05) is 30.3 Å². The highest BCUT2D eigenvalue weighted by Crippen LogP contribution is 2.44. The Morgan fingerprint density at radius 1 is 1.11 bits per heavy atom. The molecule has 6 N–H and O–H groups in total. The molecule has 3 aromatic heterocycles. The molecule has 196 valence electrons. The number of hydrogen-bond acceptors (Lipinski definition) is 10. The van der Waals surface area contributed by atoms with Gasteiger partial charge in [0.2, 0.25) is 11.9 Å². The number of thiazole rings is 1. The van der Waals surface area contributed by atoms with E-state index in [0.29, 0.717) is 35.5 Å². The van der Waals surface area contributed by atoms with Crippen molar-refractivity contribution in [2.75, 3.05) is 10.6 Å². The minimum absolute atomic E-state index is 0.183. The molecule has 4 atom stereocenters. The number of anilines is 2. The van der Waals surface area contributed by atoms with Gasteiger partial charge in [0, 0.05) is 18.7 Å². The monoisotopic (exact) mass is 531 g/mol. The van der Waals surface area contributed by atoms with Gasteiger partial charge in [-0.05, 0) is 37.8 Å². The van der Waals surface area contributed by atoms with E-state index in [1.54, 1.807) is 11.3 Å². The predicted octanol–water partition coefficient (Wildman–Crippen LogP) is 2.95. The standard InChI is InChI=1S/C27H29N7O3S/c1-13-19(26-33-21-18(38-26)9-10-29-20(21)15-7-8-15)25(32-17-11-16(24(28)37)22(35)23(17)36)34-27(31-13)30-12-14-5-3-2-4-6-14/h2-6,9-10,15-17,22-23,35-36H,7-8,11-12H2,1H3,(H2,28,37)(H2,30,31,32,34)/t16-,17+,22+,23-/m0/s1. The van der Waals surface area contributed by atoms with E-state index in [0.717, 1.165) is 39.3 Å². The normalized spacial score (nSPS) is 23.0. The summed E-state index contributed by atoms with van der Waals surface area (Å²) in [6.07, 6.45) is 1.83. The molecule has 0 radical (unpaired) electrons. The Morgan fingerprint density at radius 3 is 2.61 bits per heavy atom. The molecule has 10 nitrogen and oxygen atoms in total. The molecular formula is C27H29N7O3S. The van der Waals surface area contributed by atoms with Crippen LogP contribution in [-0.4, -0.2) is 54.3 Å². The van der Waals surface area contributed by atoms with E-state index in [4.69, 9.17) is 20.7 Å². The third-order valence-corrected chi connectivity index (χ3v) is 8.30. The van der Waals surface area contributed by atoms with Crippen LogP contribution in [0.3, 0.4) is 0 Å². The van der Waals surface area contributed by atoms with Crippen LogP contribution in [0, 0.1) is 12.8 Å². The maximum absolute atomic E-state index is 11.8. The Bertz CT molecular complexity index is 1490. The number of primary amides is 1. The highest BCUT2D eigenvalue weighted by atomic mass is 32.1. The summed E-state index contributed by atoms with van der Waals surface area (Å²) in [5, 5.41) is 28.4. The Labute approximate surface area is 223 Å². The van der Waals surface area contributed by atoms with Crippen LogP contribution in [0.25, 0.3) is 20.8 Å². The van der Waals surface area contributed by atoms with E-state index >= 15 is 0 Å². The third kappa shape index (κ3) is 4.68. The first-order chi connectivity index (χ1) is 18.4. The first-order valence-corrected chi connectivity index (χ1v) is 13.5. The molecule has 0 bridgehead atoms. The Hall–Kier alpha value is -3.67. The number of aliphatic hydroxyl groups is 2. The third-order valence-electron chi connectivity index (χ3n) is 7.27. The summed E-state index contributed by atoms with van der Waals surface area (Å²) in [4.78, 5) is 30.9. The molecule has 2 aliphatic rings. The second-order valence-electron chi connectivity index (χ2n) is 10.0. The molecule has 0 aliphatic heterocycles. The molecule has 2 saturated carbocycles. The van der Waals surface area contributed by atoms with E-state index in [2.05, 4.69) is 15.6 Å². The van der Waals surface area contributed by atoms with Gasteiger partial charge in [-0.15, -0.1) is 11.3 Å². The van der Waals surface area contributed by atoms with E-state index < -0.39 is 30.1 Å². The van der Waals surface area contributed by atoms with Crippen molar-refractivity contribution in [3.63, 3.8) is 0 Å². The predicted molar refractivity (Wildman–Crippen MR) is 146 cm³/mol. The van der Waals surface area contributed by atoms with Crippen molar-refractivity contribution >= 4 is 39.2 Å². The zero-order valence-electron chi connectivity index (χ0n) is 20.8. The van der Waals surface area contributed by atoms with Crippen molar-refractivity contribution in [2.45, 2.75) is 56.9 Å². The van der Waals surface area contributed by atoms with Crippen molar-refractivity contribution in [1.82, 2.24) is 19.9 Å². The van der Waals surface area contributed by atoms with Gasteiger partial charge < -0.3 is 26.6 Å². The zero-order valence-corrected chi connectivity index (χ0v) is 21.7. The van der Waals surface area contributed by atoms with Gasteiger partial charge >= 0.3 is 0 Å². The number of aromatic nitrogens is 4. The summed E-state index contributed by atoms with van der Waals surface area (Å²) in [6.45, 7) is 2.43. The number of nitrogens with zero attached hydrogens (tertiary/aromatic N) is 4. The van der Waals surface area contributed by atoms with Gasteiger partial charge in [0.05, 0.1) is 39.7 Å². The molecular weight excluding hydrogens is 502 g/mol. The average molecular weight is 532 g/mol. The van der Waals surface area contributed by atoms with Crippen LogP contribution in [0.4, 0.5) is 11.8 Å². The topological polar surface area (TPSA) is 159 Å². The summed E-state index contributed by atoms with van der Waals surface area (Å²) in [5.74, 6) is -0.155. The number of pyridine rings is 1. The zero-order chi connectivity index (χ0) is 26.4. The van der Waals surface area contributed by atoms with Gasteiger partial charge in [-0.25, -0.2) is 9.97 Å². The van der Waals surface area contributed by atoms with Crippen LogP contribution in [0.1, 0.15) is 42.1 Å². The number of aryl methyl sites for hydroxylation is 1. The smallest absolute Gasteiger partial charge is 0.225 e. The molecule has 11 heteroatoms. The maximum Gasteiger partial charge on any atom is 0.225 e. The van der Waals surface area contributed by atoms with E-state index in [9.17, 15) is 15.0 Å². The van der Waals surface area contributed by atoms with Crippen molar-refractivity contribution < 1.29 is 15.0 Å². The molecule has 2 fully saturated rings. The highest BCUT2D eigenvalue weighted by Gasteiger charge is 2.44. The summed E-state index contributed by atoms with van der Waals surface area (Å²) in [7, 11) is 0. The van der Waals surface area contributed by atoms with Gasteiger partial charge in [-0.3, -0.25) is 9.78 Å². The summed E-state index contributed by atoms with van der Waals surface area (Å²) >= 11 is 1.54. The molecule has 4 aromatic rings. The average Bonchev–Trinajstić information content (AvgIpc) is 3.60. The van der Waals surface area contributed by atoms with Crippen molar-refractivity contribution in [2.24, 2.45) is 11.7 Å². The number of rotatable bonds is 8. The second kappa shape index (κ2) is 9.90. The van der Waals surface area contributed by atoms with Crippen LogP contribution >= 0.6 is 11.3 Å². The van der Waals surface area contributed by atoms with Crippen LogP contribution in [0.2, 0.25) is 0 Å². The van der Waals surface area contributed by atoms with Crippen LogP contribution in [0.5, 0.6) is 0 Å². The van der Waals surface area contributed by atoms with Crippen LogP contribution in [-0.2, 0) is 11.3 Å². The molecule has 38 heavy (non-hydrogen) atoms. The van der Waals surface area contributed by atoms with E-state index in [1.807, 2.05) is 49.5 Å². The fourth-order valence-electron chi connectivity index (χ4n) is 5.06. The highest BCUT2D eigenvalue weighted by molar-refractivity contribution is 7.21. The number of nitrogens with two attached hydrogens (primary N) is 1. The quantitative estimate of drug-likeness (QED) is 0.230. The lowest BCUT2D eigenvalue weighted by molar-refractivity contribution is -0.125. The Balaban J connectivity index is 1.39. The van der Waals surface area contributed by atoms with Gasteiger partial charge in [0.15, 0.2) is 0 Å². The van der Waals surface area contributed by atoms with Gasteiger partial charge in [0.25, 0.3) is 0 Å². The number of benzene rings is 1. The molecule has 0 saturated heterocycles. The van der Waals surface area contributed by atoms with E-state index in [1.165, 1.54) is 0 Å². The fourth-order valence-corrected chi connectivity index (χ4v) is 6.13. The number of nitrogens with one attached hydrogen (secondary N) is 2. The lowest BCUT2D eigenvalue weighted by Gasteiger charge is -2.21. The molecule has 6 rings (SSSR count). The molecule has 2 aliphatic carbocycles. The first-order valence-electron chi connectivity index (χ1n) is 12.7. The minimum Gasteiger partial charge on any atom is -0.390 e. The number of amides is 1. The van der Waals surface area contributed by atoms with Gasteiger partial charge in [0.1, 0.15) is 22.4 Å². The fraction of sp³-hybridized carbons (Fsp3) is 0.370. The van der Waals surface area contributed by atoms with Crippen molar-refractivity contribution in [3.8, 4) is 10.6 Å².